The van der Waals surface area contributed by atoms with Gasteiger partial charge in [-0.25, -0.2) is 0 Å². The Hall–Kier alpha value is -3.15. The van der Waals surface area contributed by atoms with E-state index in [1.165, 1.54) is 0 Å². The number of aryl methyl sites for hydroxylation is 1. The molecule has 2 aromatic carbocycles. The minimum Gasteiger partial charge on any atom is -0.496 e. The van der Waals surface area contributed by atoms with Crippen molar-refractivity contribution in [3.8, 4) is 17.2 Å². The smallest absolute Gasteiger partial charge is 0.251 e. The summed E-state index contributed by atoms with van der Waals surface area (Å²) in [7, 11) is 1.59. The van der Waals surface area contributed by atoms with Crippen molar-refractivity contribution in [2.75, 3.05) is 13.7 Å². The highest BCUT2D eigenvalue weighted by Gasteiger charge is 2.13. The topological polar surface area (TPSA) is 77.3 Å². The largest absolute Gasteiger partial charge is 0.496 e. The summed E-state index contributed by atoms with van der Waals surface area (Å²) in [4.78, 5) is 12.2. The number of nitrogens with zero attached hydrogens (tertiary/aromatic N) is 2. The molecule has 0 saturated carbocycles. The van der Waals surface area contributed by atoms with Gasteiger partial charge in [-0.1, -0.05) is 30.3 Å². The van der Waals surface area contributed by atoms with Gasteiger partial charge in [0.05, 0.1) is 12.7 Å². The summed E-state index contributed by atoms with van der Waals surface area (Å²) in [5.74, 6) is 1.43. The highest BCUT2D eigenvalue weighted by molar-refractivity contribution is 5.95. The Balaban J connectivity index is 1.61. The molecule has 0 fully saturated rings. The summed E-state index contributed by atoms with van der Waals surface area (Å²) in [6, 6.07) is 14.9. The van der Waals surface area contributed by atoms with Crippen LogP contribution in [0.5, 0.6) is 5.75 Å². The number of nitrogens with one attached hydrogen (secondary N) is 1. The average molecular weight is 337 g/mol. The standard InChI is InChI=1S/C19H19N3O3/c1-13-7-3-4-8-14(13)18(23)20-12-11-17-21-22-19(25-17)15-9-5-6-10-16(15)24-2/h3-10H,11-12H2,1-2H3,(H,20,23). The second kappa shape index (κ2) is 7.61. The lowest BCUT2D eigenvalue weighted by Gasteiger charge is -2.06. The number of carbonyl (C=O) groups is 1. The highest BCUT2D eigenvalue weighted by atomic mass is 16.5. The lowest BCUT2D eigenvalue weighted by atomic mass is 10.1. The average Bonchev–Trinajstić information content (AvgIpc) is 3.10. The van der Waals surface area contributed by atoms with Gasteiger partial charge >= 0.3 is 0 Å². The van der Waals surface area contributed by atoms with Crippen LogP contribution in [0.25, 0.3) is 11.5 Å². The molecule has 1 heterocycles. The first-order valence-corrected chi connectivity index (χ1v) is 7.98. The van der Waals surface area contributed by atoms with Gasteiger partial charge in [-0.3, -0.25) is 4.79 Å². The SMILES string of the molecule is COc1ccccc1-c1nnc(CCNC(=O)c2ccccc2C)o1. The van der Waals surface area contributed by atoms with Crippen LogP contribution in [0.4, 0.5) is 0 Å². The molecule has 128 valence electrons. The van der Waals surface area contributed by atoms with E-state index >= 15 is 0 Å². The van der Waals surface area contributed by atoms with Crippen LogP contribution in [0.1, 0.15) is 21.8 Å². The number of rotatable bonds is 6. The maximum Gasteiger partial charge on any atom is 0.251 e. The molecule has 25 heavy (non-hydrogen) atoms. The monoisotopic (exact) mass is 337 g/mol. The van der Waals surface area contributed by atoms with E-state index in [4.69, 9.17) is 9.15 Å². The van der Waals surface area contributed by atoms with Gasteiger partial charge in [0.15, 0.2) is 0 Å². The third kappa shape index (κ3) is 3.85. The molecule has 0 atom stereocenters. The number of ether oxygens (including phenoxy) is 1. The normalized spacial score (nSPS) is 10.5. The molecule has 0 saturated heterocycles. The van der Waals surface area contributed by atoms with Crippen LogP contribution in [0.15, 0.2) is 52.9 Å². The number of benzene rings is 2. The first-order valence-electron chi connectivity index (χ1n) is 7.98. The van der Waals surface area contributed by atoms with Gasteiger partial charge in [0.1, 0.15) is 5.75 Å². The van der Waals surface area contributed by atoms with E-state index in [9.17, 15) is 4.79 Å². The van der Waals surface area contributed by atoms with E-state index in [1.807, 2.05) is 49.4 Å². The van der Waals surface area contributed by atoms with Crippen LogP contribution in [0.2, 0.25) is 0 Å². The minimum absolute atomic E-state index is 0.109. The molecular weight excluding hydrogens is 318 g/mol. The summed E-state index contributed by atoms with van der Waals surface area (Å²) in [5.41, 5.74) is 2.35. The molecule has 1 N–H and O–H groups in total. The van der Waals surface area contributed by atoms with Crippen LogP contribution in [0.3, 0.4) is 0 Å². The van der Waals surface area contributed by atoms with Gasteiger partial charge in [0.25, 0.3) is 11.8 Å². The molecule has 0 aliphatic rings. The molecule has 0 aliphatic carbocycles. The van der Waals surface area contributed by atoms with Crippen LogP contribution in [-0.2, 0) is 6.42 Å². The fourth-order valence-corrected chi connectivity index (χ4v) is 2.49. The first-order chi connectivity index (χ1) is 12.2. The molecule has 3 rings (SSSR count). The van der Waals surface area contributed by atoms with Crippen LogP contribution < -0.4 is 10.1 Å². The summed E-state index contributed by atoms with van der Waals surface area (Å²) in [6.07, 6.45) is 0.458. The Bertz CT molecular complexity index is 874. The molecular formula is C19H19N3O3. The summed E-state index contributed by atoms with van der Waals surface area (Å²) in [6.45, 7) is 2.33. The predicted molar refractivity (Wildman–Crippen MR) is 93.5 cm³/mol. The first kappa shape index (κ1) is 16.7. The number of methoxy groups -OCH3 is 1. The van der Waals surface area contributed by atoms with Crippen molar-refractivity contribution in [3.05, 3.63) is 65.5 Å². The molecule has 6 nitrogen and oxygen atoms in total. The number of hydrogen-bond donors (Lipinski definition) is 1. The molecule has 0 aliphatic heterocycles. The fraction of sp³-hybridized carbons (Fsp3) is 0.211. The second-order valence-electron chi connectivity index (χ2n) is 5.52. The number of para-hydroxylation sites is 1. The molecule has 1 amide bonds. The van der Waals surface area contributed by atoms with Gasteiger partial charge in [0, 0.05) is 18.5 Å². The lowest BCUT2D eigenvalue weighted by Crippen LogP contribution is -2.26. The molecule has 0 unspecified atom stereocenters. The Morgan fingerprint density at radius 3 is 2.68 bits per heavy atom. The third-order valence-corrected chi connectivity index (χ3v) is 3.82. The molecule has 3 aromatic rings. The van der Waals surface area contributed by atoms with Crippen molar-refractivity contribution in [3.63, 3.8) is 0 Å². The van der Waals surface area contributed by atoms with E-state index in [0.29, 0.717) is 36.1 Å². The molecule has 0 bridgehead atoms. The van der Waals surface area contributed by atoms with Crippen LogP contribution in [0, 0.1) is 6.92 Å². The Morgan fingerprint density at radius 1 is 1.12 bits per heavy atom. The Kier molecular flexibility index (Phi) is 5.09. The maximum atomic E-state index is 12.2. The van der Waals surface area contributed by atoms with E-state index < -0.39 is 0 Å². The molecule has 6 heteroatoms. The van der Waals surface area contributed by atoms with E-state index in [0.717, 1.165) is 11.1 Å². The maximum absolute atomic E-state index is 12.2. The lowest BCUT2D eigenvalue weighted by molar-refractivity contribution is 0.0953. The zero-order chi connectivity index (χ0) is 17.6. The number of aromatic nitrogens is 2. The van der Waals surface area contributed by atoms with Gasteiger partial charge in [0.2, 0.25) is 5.89 Å². The van der Waals surface area contributed by atoms with Crippen molar-refractivity contribution in [2.24, 2.45) is 0 Å². The second-order valence-corrected chi connectivity index (χ2v) is 5.52. The van der Waals surface area contributed by atoms with Gasteiger partial charge in [-0.05, 0) is 30.7 Å². The Labute approximate surface area is 145 Å². The summed E-state index contributed by atoms with van der Waals surface area (Å²) < 4.78 is 11.0. The third-order valence-electron chi connectivity index (χ3n) is 3.82. The minimum atomic E-state index is -0.109. The number of hydrogen-bond acceptors (Lipinski definition) is 5. The van der Waals surface area contributed by atoms with E-state index in [1.54, 1.807) is 13.2 Å². The van der Waals surface area contributed by atoms with Gasteiger partial charge in [-0.15, -0.1) is 10.2 Å². The molecule has 0 radical (unpaired) electrons. The van der Waals surface area contributed by atoms with Crippen molar-refractivity contribution in [1.82, 2.24) is 15.5 Å². The number of carbonyl (C=O) groups excluding carboxylic acids is 1. The van der Waals surface area contributed by atoms with Crippen molar-refractivity contribution in [2.45, 2.75) is 13.3 Å². The Morgan fingerprint density at radius 2 is 1.88 bits per heavy atom. The summed E-state index contributed by atoms with van der Waals surface area (Å²) >= 11 is 0. The van der Waals surface area contributed by atoms with Gasteiger partial charge < -0.3 is 14.5 Å². The van der Waals surface area contributed by atoms with Crippen LogP contribution >= 0.6 is 0 Å². The van der Waals surface area contributed by atoms with Crippen molar-refractivity contribution in [1.29, 1.82) is 0 Å². The molecule has 1 aromatic heterocycles. The highest BCUT2D eigenvalue weighted by Crippen LogP contribution is 2.28. The van der Waals surface area contributed by atoms with E-state index in [-0.39, 0.29) is 5.91 Å². The zero-order valence-electron chi connectivity index (χ0n) is 14.2. The molecule has 0 spiro atoms. The summed E-state index contributed by atoms with van der Waals surface area (Å²) in [5, 5.41) is 11.0. The number of amides is 1. The fourth-order valence-electron chi connectivity index (χ4n) is 2.49. The zero-order valence-corrected chi connectivity index (χ0v) is 14.2. The predicted octanol–water partition coefficient (Wildman–Crippen LogP) is 3.03. The van der Waals surface area contributed by atoms with Gasteiger partial charge in [-0.2, -0.15) is 0 Å². The van der Waals surface area contributed by atoms with Crippen molar-refractivity contribution >= 4 is 5.91 Å². The van der Waals surface area contributed by atoms with E-state index in [2.05, 4.69) is 15.5 Å². The quantitative estimate of drug-likeness (QED) is 0.748. The van der Waals surface area contributed by atoms with Crippen LogP contribution in [-0.4, -0.2) is 29.8 Å². The van der Waals surface area contributed by atoms with Crippen molar-refractivity contribution < 1.29 is 13.9 Å².